The van der Waals surface area contributed by atoms with Gasteiger partial charge in [0.1, 0.15) is 11.5 Å². The molecular formula is C15H16NaO5S. The largest absolute Gasteiger partial charge is 0.508 e. The average molecular weight is 331 g/mol. The Bertz CT molecular complexity index is 722. The van der Waals surface area contributed by atoms with E-state index in [2.05, 4.69) is 4.18 Å². The van der Waals surface area contributed by atoms with Crippen LogP contribution in [0.3, 0.4) is 0 Å². The molecule has 0 aliphatic heterocycles. The topological polar surface area (TPSA) is 83.8 Å². The first-order valence-corrected chi connectivity index (χ1v) is 7.62. The van der Waals surface area contributed by atoms with Crippen molar-refractivity contribution in [2.24, 2.45) is 0 Å². The summed E-state index contributed by atoms with van der Waals surface area (Å²) in [7, 11) is -4.51. The maximum Gasteiger partial charge on any atom is 0.446 e. The molecule has 0 atom stereocenters. The van der Waals surface area contributed by atoms with Crippen LogP contribution in [0.25, 0.3) is 0 Å². The molecule has 5 nitrogen and oxygen atoms in total. The zero-order chi connectivity index (χ0) is 15.7. The molecule has 2 aromatic rings. The summed E-state index contributed by atoms with van der Waals surface area (Å²) < 4.78 is 34.3. The van der Waals surface area contributed by atoms with E-state index < -0.39 is 10.4 Å². The van der Waals surface area contributed by atoms with E-state index >= 15 is 0 Å². The Morgan fingerprint density at radius 2 is 1.32 bits per heavy atom. The van der Waals surface area contributed by atoms with Crippen molar-refractivity contribution in [2.75, 3.05) is 0 Å². The average Bonchev–Trinajstić information content (AvgIpc) is 2.38. The van der Waals surface area contributed by atoms with Crippen molar-refractivity contribution >= 4 is 40.0 Å². The number of phenolic OH excluding ortho intramolecular Hbond substituents is 1. The molecule has 2 N–H and O–H groups in total. The third-order valence-corrected chi connectivity index (χ3v) is 3.77. The fraction of sp³-hybridized carbons (Fsp3) is 0.200. The predicted molar refractivity (Wildman–Crippen MR) is 84.6 cm³/mol. The maximum atomic E-state index is 10.6. The minimum Gasteiger partial charge on any atom is -0.508 e. The van der Waals surface area contributed by atoms with Crippen molar-refractivity contribution in [1.29, 1.82) is 0 Å². The van der Waals surface area contributed by atoms with E-state index in [1.165, 1.54) is 12.1 Å². The van der Waals surface area contributed by atoms with E-state index in [1.807, 2.05) is 26.0 Å². The minimum absolute atomic E-state index is 0. The molecule has 7 heteroatoms. The molecule has 0 spiro atoms. The first-order valence-electron chi connectivity index (χ1n) is 6.25. The summed E-state index contributed by atoms with van der Waals surface area (Å²) in [6.07, 6.45) is 0. The molecule has 0 saturated heterocycles. The molecule has 22 heavy (non-hydrogen) atoms. The van der Waals surface area contributed by atoms with Crippen LogP contribution < -0.4 is 4.18 Å². The van der Waals surface area contributed by atoms with Gasteiger partial charge in [-0.3, -0.25) is 4.55 Å². The Labute approximate surface area is 152 Å². The van der Waals surface area contributed by atoms with E-state index in [-0.39, 0.29) is 46.5 Å². The van der Waals surface area contributed by atoms with Crippen molar-refractivity contribution in [2.45, 2.75) is 19.3 Å². The fourth-order valence-electron chi connectivity index (χ4n) is 2.09. The molecule has 0 fully saturated rings. The van der Waals surface area contributed by atoms with Crippen LogP contribution in [-0.2, 0) is 15.8 Å². The van der Waals surface area contributed by atoms with Crippen LogP contribution >= 0.6 is 0 Å². The molecule has 1 radical (unpaired) electrons. The molecule has 0 amide bonds. The second kappa shape index (κ2) is 7.02. The van der Waals surface area contributed by atoms with Crippen molar-refractivity contribution in [3.8, 4) is 11.5 Å². The van der Waals surface area contributed by atoms with Crippen molar-refractivity contribution in [1.82, 2.24) is 0 Å². The van der Waals surface area contributed by atoms with Gasteiger partial charge in [-0.25, -0.2) is 0 Å². The second-order valence-corrected chi connectivity index (χ2v) is 6.23. The summed E-state index contributed by atoms with van der Waals surface area (Å²) in [6, 6.07) is 13.3. The van der Waals surface area contributed by atoms with Crippen LogP contribution in [0.4, 0.5) is 0 Å². The van der Waals surface area contributed by atoms with Gasteiger partial charge < -0.3 is 9.29 Å². The Kier molecular flexibility index (Phi) is 6.06. The molecule has 113 valence electrons. The normalized spacial score (nSPS) is 11.6. The summed E-state index contributed by atoms with van der Waals surface area (Å²) >= 11 is 0. The number of rotatable bonds is 4. The Balaban J connectivity index is 0.00000242. The van der Waals surface area contributed by atoms with Gasteiger partial charge in [-0.05, 0) is 35.4 Å². The second-order valence-electron chi connectivity index (χ2n) is 5.21. The molecule has 0 bridgehead atoms. The molecule has 0 aromatic heterocycles. The van der Waals surface area contributed by atoms with E-state index in [4.69, 9.17) is 4.55 Å². The monoisotopic (exact) mass is 331 g/mol. The van der Waals surface area contributed by atoms with Gasteiger partial charge >= 0.3 is 10.4 Å². The van der Waals surface area contributed by atoms with Crippen LogP contribution in [0.15, 0.2) is 48.5 Å². The van der Waals surface area contributed by atoms with Crippen LogP contribution in [0, 0.1) is 0 Å². The van der Waals surface area contributed by atoms with Gasteiger partial charge in [0.15, 0.2) is 0 Å². The van der Waals surface area contributed by atoms with Gasteiger partial charge in [0.2, 0.25) is 0 Å². The van der Waals surface area contributed by atoms with Crippen molar-refractivity contribution < 1.29 is 22.3 Å². The summed E-state index contributed by atoms with van der Waals surface area (Å²) in [5, 5.41) is 9.34. The molecular weight excluding hydrogens is 315 g/mol. The van der Waals surface area contributed by atoms with Crippen molar-refractivity contribution in [3.63, 3.8) is 0 Å². The summed E-state index contributed by atoms with van der Waals surface area (Å²) in [4.78, 5) is 0. The standard InChI is InChI=1S/C15H16O5S.Na/c1-15(2,11-3-7-13(16)8-4-11)12-5-9-14(10-6-12)20-21(17,18)19;/h3-10,16H,1-2H3,(H,17,18,19);. The number of phenols is 1. The number of benzene rings is 2. The summed E-state index contributed by atoms with van der Waals surface area (Å²) in [5.41, 5.74) is 1.62. The minimum atomic E-state index is -4.51. The van der Waals surface area contributed by atoms with Crippen LogP contribution in [0.2, 0.25) is 0 Å². The quantitative estimate of drug-likeness (QED) is 0.664. The van der Waals surface area contributed by atoms with Crippen LogP contribution in [-0.4, -0.2) is 47.6 Å². The van der Waals surface area contributed by atoms with Gasteiger partial charge in [0.05, 0.1) is 0 Å². The fourth-order valence-corrected chi connectivity index (χ4v) is 2.45. The zero-order valence-corrected chi connectivity index (χ0v) is 15.5. The Morgan fingerprint density at radius 1 is 0.909 bits per heavy atom. The Hall–Kier alpha value is -1.05. The van der Waals surface area contributed by atoms with Crippen LogP contribution in [0.1, 0.15) is 25.0 Å². The molecule has 0 aliphatic rings. The number of aromatic hydroxyl groups is 1. The van der Waals surface area contributed by atoms with Crippen molar-refractivity contribution in [3.05, 3.63) is 59.7 Å². The molecule has 0 saturated carbocycles. The molecule has 0 aliphatic carbocycles. The van der Waals surface area contributed by atoms with Gasteiger partial charge in [-0.1, -0.05) is 38.1 Å². The Morgan fingerprint density at radius 3 is 1.73 bits per heavy atom. The van der Waals surface area contributed by atoms with Gasteiger partial charge in [-0.2, -0.15) is 8.42 Å². The van der Waals surface area contributed by atoms with E-state index in [0.29, 0.717) is 0 Å². The molecule has 2 rings (SSSR count). The maximum absolute atomic E-state index is 10.6. The molecule has 2 aromatic carbocycles. The smallest absolute Gasteiger partial charge is 0.446 e. The third kappa shape index (κ3) is 4.72. The van der Waals surface area contributed by atoms with E-state index in [9.17, 15) is 13.5 Å². The zero-order valence-electron chi connectivity index (χ0n) is 12.6. The van der Waals surface area contributed by atoms with Gasteiger partial charge in [0, 0.05) is 35.0 Å². The number of hydrogen-bond donors (Lipinski definition) is 2. The summed E-state index contributed by atoms with van der Waals surface area (Å²) in [6.45, 7) is 4.02. The third-order valence-electron chi connectivity index (χ3n) is 3.37. The van der Waals surface area contributed by atoms with E-state index in [1.54, 1.807) is 24.3 Å². The van der Waals surface area contributed by atoms with Gasteiger partial charge in [0.25, 0.3) is 0 Å². The number of hydrogen-bond acceptors (Lipinski definition) is 4. The van der Waals surface area contributed by atoms with Crippen LogP contribution in [0.5, 0.6) is 11.5 Å². The first-order chi connectivity index (χ1) is 9.68. The van der Waals surface area contributed by atoms with E-state index in [0.717, 1.165) is 11.1 Å². The van der Waals surface area contributed by atoms with Gasteiger partial charge in [-0.15, -0.1) is 0 Å². The summed E-state index contributed by atoms with van der Waals surface area (Å²) in [5.74, 6) is 0.245. The molecule has 0 unspecified atom stereocenters. The molecule has 0 heterocycles. The first kappa shape index (κ1) is 19.0. The predicted octanol–water partition coefficient (Wildman–Crippen LogP) is 2.52. The SMILES string of the molecule is CC(C)(c1ccc(O)cc1)c1ccc(OS(=O)(=O)O)cc1.[Na].